The first kappa shape index (κ1) is 20.4. The van der Waals surface area contributed by atoms with E-state index in [-0.39, 0.29) is 23.6 Å². The van der Waals surface area contributed by atoms with E-state index in [0.29, 0.717) is 17.3 Å². The summed E-state index contributed by atoms with van der Waals surface area (Å²) < 4.78 is 6.97. The summed E-state index contributed by atoms with van der Waals surface area (Å²) in [5, 5.41) is 3.47. The van der Waals surface area contributed by atoms with Crippen molar-refractivity contribution in [3.63, 3.8) is 0 Å². The van der Waals surface area contributed by atoms with Gasteiger partial charge in [-0.2, -0.15) is 0 Å². The Labute approximate surface area is 170 Å². The molecule has 3 rings (SSSR count). The first-order chi connectivity index (χ1) is 13.5. The Morgan fingerprint density at radius 2 is 1.82 bits per heavy atom. The van der Waals surface area contributed by atoms with Crippen molar-refractivity contribution in [1.82, 2.24) is 9.47 Å². The highest BCUT2D eigenvalue weighted by atomic mass is 35.5. The number of likely N-dealkylation sites (tertiary alicyclic amines) is 1. The van der Waals surface area contributed by atoms with E-state index in [1.807, 2.05) is 0 Å². The van der Waals surface area contributed by atoms with Gasteiger partial charge in [0.2, 0.25) is 11.3 Å². The predicted molar refractivity (Wildman–Crippen MR) is 111 cm³/mol. The molecule has 0 saturated carbocycles. The monoisotopic (exact) mass is 403 g/mol. The van der Waals surface area contributed by atoms with Gasteiger partial charge in [-0.15, -0.1) is 0 Å². The number of halogens is 1. The van der Waals surface area contributed by atoms with Gasteiger partial charge >= 0.3 is 0 Å². The molecule has 2 aromatic rings. The Kier molecular flexibility index (Phi) is 7.12. The number of aromatic nitrogens is 1. The van der Waals surface area contributed by atoms with Gasteiger partial charge in [-0.25, -0.2) is 0 Å². The Balaban J connectivity index is 1.77. The number of benzene rings is 1. The van der Waals surface area contributed by atoms with Crippen molar-refractivity contribution < 1.29 is 9.53 Å². The number of amides is 1. The largest absolute Gasteiger partial charge is 0.491 e. The second-order valence-electron chi connectivity index (χ2n) is 7.07. The molecule has 0 radical (unpaired) electrons. The van der Waals surface area contributed by atoms with Crippen LogP contribution >= 0.6 is 11.6 Å². The van der Waals surface area contributed by atoms with Crippen molar-refractivity contribution in [3.05, 3.63) is 57.5 Å². The maximum atomic E-state index is 12.6. The molecule has 1 aromatic carbocycles. The first-order valence-electron chi connectivity index (χ1n) is 9.60. The summed E-state index contributed by atoms with van der Waals surface area (Å²) in [4.78, 5) is 27.2. The second-order valence-corrected chi connectivity index (χ2v) is 7.51. The third-order valence-corrected chi connectivity index (χ3v) is 5.18. The lowest BCUT2D eigenvalue weighted by atomic mass is 10.2. The number of methoxy groups -OCH3 is 1. The third-order valence-electron chi connectivity index (χ3n) is 4.93. The van der Waals surface area contributed by atoms with E-state index in [0.717, 1.165) is 31.6 Å². The molecule has 2 heterocycles. The Hall–Kier alpha value is -2.31. The van der Waals surface area contributed by atoms with Crippen LogP contribution in [0.25, 0.3) is 0 Å². The molecule has 1 aliphatic heterocycles. The van der Waals surface area contributed by atoms with Crippen molar-refractivity contribution >= 4 is 23.2 Å². The van der Waals surface area contributed by atoms with Gasteiger partial charge in [0.05, 0.1) is 13.3 Å². The Bertz CT molecular complexity index is 856. The van der Waals surface area contributed by atoms with Gasteiger partial charge in [-0.3, -0.25) is 14.5 Å². The fourth-order valence-electron chi connectivity index (χ4n) is 3.44. The SMILES string of the molecule is COc1cn(CC(=O)Nc2ccc(Cl)cc2)c(CN2CCCCCC2)cc1=O. The summed E-state index contributed by atoms with van der Waals surface area (Å²) in [6.45, 7) is 2.77. The van der Waals surface area contributed by atoms with Crippen LogP contribution in [0.2, 0.25) is 5.02 Å². The highest BCUT2D eigenvalue weighted by molar-refractivity contribution is 6.30. The van der Waals surface area contributed by atoms with Gasteiger partial charge in [0.15, 0.2) is 5.75 Å². The lowest BCUT2D eigenvalue weighted by Crippen LogP contribution is -2.29. The summed E-state index contributed by atoms with van der Waals surface area (Å²) in [7, 11) is 1.46. The molecule has 0 bridgehead atoms. The lowest BCUT2D eigenvalue weighted by molar-refractivity contribution is -0.116. The fourth-order valence-corrected chi connectivity index (χ4v) is 3.57. The molecule has 28 heavy (non-hydrogen) atoms. The number of carbonyl (C=O) groups excluding carboxylic acids is 1. The fraction of sp³-hybridized carbons (Fsp3) is 0.429. The predicted octanol–water partition coefficient (Wildman–Crippen LogP) is 3.53. The zero-order valence-electron chi connectivity index (χ0n) is 16.1. The minimum Gasteiger partial charge on any atom is -0.491 e. The molecule has 1 saturated heterocycles. The van der Waals surface area contributed by atoms with Gasteiger partial charge in [-0.05, 0) is 50.2 Å². The van der Waals surface area contributed by atoms with Crippen LogP contribution in [-0.2, 0) is 17.9 Å². The normalized spacial score (nSPS) is 15.1. The maximum Gasteiger partial charge on any atom is 0.244 e. The van der Waals surface area contributed by atoms with Crippen LogP contribution in [0, 0.1) is 0 Å². The van der Waals surface area contributed by atoms with Gasteiger partial charge in [0.25, 0.3) is 0 Å². The van der Waals surface area contributed by atoms with E-state index in [4.69, 9.17) is 16.3 Å². The lowest BCUT2D eigenvalue weighted by Gasteiger charge is -2.23. The summed E-state index contributed by atoms with van der Waals surface area (Å²) in [6.07, 6.45) is 6.44. The topological polar surface area (TPSA) is 63.6 Å². The molecule has 0 aliphatic carbocycles. The number of pyridine rings is 1. The van der Waals surface area contributed by atoms with Crippen LogP contribution in [0.15, 0.2) is 41.3 Å². The highest BCUT2D eigenvalue weighted by Crippen LogP contribution is 2.16. The van der Waals surface area contributed by atoms with E-state index in [1.165, 1.54) is 20.0 Å². The molecule has 6 nitrogen and oxygen atoms in total. The molecule has 150 valence electrons. The number of rotatable bonds is 6. The Morgan fingerprint density at radius 3 is 2.46 bits per heavy atom. The maximum absolute atomic E-state index is 12.6. The molecule has 7 heteroatoms. The van der Waals surface area contributed by atoms with Gasteiger partial charge < -0.3 is 14.6 Å². The van der Waals surface area contributed by atoms with Crippen LogP contribution in [0.5, 0.6) is 5.75 Å². The van der Waals surface area contributed by atoms with Crippen molar-refractivity contribution in [2.24, 2.45) is 0 Å². The zero-order chi connectivity index (χ0) is 19.9. The second kappa shape index (κ2) is 9.75. The van der Waals surface area contributed by atoms with Gasteiger partial charge in [0, 0.05) is 29.0 Å². The van der Waals surface area contributed by atoms with Gasteiger partial charge in [-0.1, -0.05) is 24.4 Å². The third kappa shape index (κ3) is 5.59. The number of hydrogen-bond donors (Lipinski definition) is 1. The zero-order valence-corrected chi connectivity index (χ0v) is 16.9. The van der Waals surface area contributed by atoms with Crippen molar-refractivity contribution in [1.29, 1.82) is 0 Å². The quantitative estimate of drug-likeness (QED) is 0.801. The summed E-state index contributed by atoms with van der Waals surface area (Å²) in [5.74, 6) is 0.0593. The van der Waals surface area contributed by atoms with Crippen LogP contribution in [-0.4, -0.2) is 35.6 Å². The molecule has 1 aromatic heterocycles. The number of ether oxygens (including phenoxy) is 1. The summed E-state index contributed by atoms with van der Waals surface area (Å²) in [5.41, 5.74) is 1.33. The standard InChI is InChI=1S/C21H26ClN3O3/c1-28-20-14-25(15-21(27)23-17-8-6-16(22)7-9-17)18(12-19(20)26)13-24-10-4-2-3-5-11-24/h6-9,12,14H,2-5,10-11,13,15H2,1H3,(H,23,27). The minimum atomic E-state index is -0.176. The van der Waals surface area contributed by atoms with Crippen molar-refractivity contribution in [2.75, 3.05) is 25.5 Å². The molecule has 1 fully saturated rings. The molecule has 0 spiro atoms. The molecule has 0 atom stereocenters. The minimum absolute atomic E-state index is 0.0996. The van der Waals surface area contributed by atoms with E-state index in [1.54, 1.807) is 41.1 Å². The molecular formula is C21H26ClN3O3. The van der Waals surface area contributed by atoms with Crippen LogP contribution in [0.4, 0.5) is 5.69 Å². The molecule has 1 amide bonds. The average molecular weight is 404 g/mol. The molecular weight excluding hydrogens is 378 g/mol. The van der Waals surface area contributed by atoms with Gasteiger partial charge in [0.1, 0.15) is 6.54 Å². The first-order valence-corrected chi connectivity index (χ1v) is 9.98. The molecule has 1 aliphatic rings. The number of hydrogen-bond acceptors (Lipinski definition) is 4. The smallest absolute Gasteiger partial charge is 0.244 e. The average Bonchev–Trinajstić information content (AvgIpc) is 2.94. The van der Waals surface area contributed by atoms with Crippen molar-refractivity contribution in [3.8, 4) is 5.75 Å². The van der Waals surface area contributed by atoms with Crippen molar-refractivity contribution in [2.45, 2.75) is 38.8 Å². The van der Waals surface area contributed by atoms with E-state index in [2.05, 4.69) is 10.2 Å². The number of anilines is 1. The van der Waals surface area contributed by atoms with Crippen LogP contribution in [0.3, 0.4) is 0 Å². The number of nitrogens with one attached hydrogen (secondary N) is 1. The van der Waals surface area contributed by atoms with Crippen LogP contribution in [0.1, 0.15) is 31.4 Å². The van der Waals surface area contributed by atoms with E-state index < -0.39 is 0 Å². The van der Waals surface area contributed by atoms with E-state index >= 15 is 0 Å². The Morgan fingerprint density at radius 1 is 1.14 bits per heavy atom. The molecule has 0 unspecified atom stereocenters. The number of carbonyl (C=O) groups is 1. The number of nitrogens with zero attached hydrogens (tertiary/aromatic N) is 2. The highest BCUT2D eigenvalue weighted by Gasteiger charge is 2.15. The van der Waals surface area contributed by atoms with Crippen LogP contribution < -0.4 is 15.5 Å². The summed E-state index contributed by atoms with van der Waals surface area (Å²) >= 11 is 5.89. The summed E-state index contributed by atoms with van der Waals surface area (Å²) in [6, 6.07) is 8.54. The molecule has 1 N–H and O–H groups in total. The van der Waals surface area contributed by atoms with E-state index in [9.17, 15) is 9.59 Å².